The highest BCUT2D eigenvalue weighted by Crippen LogP contribution is 2.38. The fourth-order valence-corrected chi connectivity index (χ4v) is 12.9. The van der Waals surface area contributed by atoms with Gasteiger partial charge in [0.15, 0.2) is 0 Å². The van der Waals surface area contributed by atoms with E-state index in [1.165, 1.54) is 180 Å². The Labute approximate surface area is 417 Å². The molecule has 69 heavy (non-hydrogen) atoms. The lowest BCUT2D eigenvalue weighted by molar-refractivity contribution is 0.212. The van der Waals surface area contributed by atoms with Crippen LogP contribution >= 0.6 is 0 Å². The first-order chi connectivity index (χ1) is 34.1. The lowest BCUT2D eigenvalue weighted by Crippen LogP contribution is -2.45. The Morgan fingerprint density at radius 3 is 1.74 bits per heavy atom. The Morgan fingerprint density at radius 1 is 0.377 bits per heavy atom. The zero-order valence-corrected chi connectivity index (χ0v) is 42.3. The van der Waals surface area contributed by atoms with Crippen LogP contribution in [0.2, 0.25) is 0 Å². The van der Waals surface area contributed by atoms with Crippen LogP contribution in [0.1, 0.15) is 146 Å². The minimum atomic E-state index is 0.763. The van der Waals surface area contributed by atoms with Crippen LogP contribution in [-0.2, 0) is 45.2 Å². The first kappa shape index (κ1) is 49.5. The van der Waals surface area contributed by atoms with E-state index in [1.807, 2.05) is 0 Å². The van der Waals surface area contributed by atoms with Crippen molar-refractivity contribution >= 4 is 11.4 Å². The van der Waals surface area contributed by atoms with Gasteiger partial charge in [-0.3, -0.25) is 0 Å². The van der Waals surface area contributed by atoms with Gasteiger partial charge in [-0.2, -0.15) is 0 Å². The average Bonchev–Trinajstić information content (AvgIpc) is 3.43. The van der Waals surface area contributed by atoms with Crippen molar-refractivity contribution in [3.63, 3.8) is 0 Å². The number of rotatable bonds is 0. The Hall–Kier alpha value is -4.46. The molecule has 4 fully saturated rings. The monoisotopic (exact) mass is 927 g/mol. The van der Waals surface area contributed by atoms with E-state index < -0.39 is 0 Å². The van der Waals surface area contributed by atoms with Gasteiger partial charge in [0.05, 0.1) is 0 Å². The number of para-hydroxylation sites is 1. The number of hydrogen-bond donors (Lipinski definition) is 6. The van der Waals surface area contributed by atoms with Crippen LogP contribution in [0, 0.1) is 18.8 Å². The molecule has 0 spiro atoms. The van der Waals surface area contributed by atoms with Crippen molar-refractivity contribution < 1.29 is 0 Å². The first-order valence-electron chi connectivity index (χ1n) is 27.9. The first-order valence-corrected chi connectivity index (χ1v) is 27.9. The number of nitrogens with one attached hydrogen (secondary N) is 6. The maximum absolute atomic E-state index is 3.68. The van der Waals surface area contributed by atoms with E-state index in [1.54, 1.807) is 16.7 Å². The molecule has 368 valence electrons. The van der Waals surface area contributed by atoms with E-state index in [4.69, 9.17) is 0 Å². The zero-order chi connectivity index (χ0) is 46.9. The summed E-state index contributed by atoms with van der Waals surface area (Å²) in [6.07, 6.45) is 26.0. The molecule has 0 radical (unpaired) electrons. The molecular formula is C63H86N6. The van der Waals surface area contributed by atoms with Crippen LogP contribution in [0.15, 0.2) is 115 Å². The molecule has 2 saturated carbocycles. The predicted octanol–water partition coefficient (Wildman–Crippen LogP) is 12.6. The topological polar surface area (TPSA) is 72.2 Å². The predicted molar refractivity (Wildman–Crippen MR) is 293 cm³/mol. The Kier molecular flexibility index (Phi) is 18.7. The van der Waals surface area contributed by atoms with E-state index in [0.717, 1.165) is 68.6 Å². The molecular weight excluding hydrogens is 841 g/mol. The largest absolute Gasteiger partial charge is 0.385 e. The maximum Gasteiger partial charge on any atom is 0.0372 e. The quantitative estimate of drug-likeness (QED) is 0.0930. The zero-order valence-electron chi connectivity index (χ0n) is 42.3. The number of piperidine rings is 2. The summed E-state index contributed by atoms with van der Waals surface area (Å²) < 4.78 is 0. The normalized spacial score (nSPS) is 25.4. The third-order valence-electron chi connectivity index (χ3n) is 16.8. The Balaban J connectivity index is 0.000000104. The number of benzene rings is 5. The summed E-state index contributed by atoms with van der Waals surface area (Å²) in [6, 6.07) is 44.1. The second kappa shape index (κ2) is 26.1. The average molecular weight is 927 g/mol. The fourth-order valence-electron chi connectivity index (χ4n) is 12.9. The number of fused-ring (bicyclic) bond motifs is 9. The van der Waals surface area contributed by atoms with Gasteiger partial charge < -0.3 is 31.9 Å². The van der Waals surface area contributed by atoms with Crippen molar-refractivity contribution in [2.75, 3.05) is 43.4 Å². The summed E-state index contributed by atoms with van der Waals surface area (Å²) in [5, 5.41) is 21.1. The summed E-state index contributed by atoms with van der Waals surface area (Å²) in [7, 11) is 0. The standard InChI is InChI=1S/2C13H17N.C10H13N.C9H17N.2C9H11N/c1-2-6-11-10(5-1)9-14-13-8-4-3-7-12(11)13;1-2-5-11-9-13-12(6-3-7-14-13)8-10(11)4-1;1-8-4-5-10-9(7-8)3-2-6-11-10;2*1-2-6-9-8(4-1)5-3-7-10-9;1-2-4-9-7-10-6-5-8(9)3-1/h1-2,5-6,12-14H,3-4,7-9H2;1-2,4-5,12-14H,3,6-9H2;4-5,7,11H,2-3,6H2,1H3;8-10H,1-7H2;1-2,4,6,10H,3,5,7H2;1-4,10H,5-7H2. The minimum Gasteiger partial charge on any atom is -0.385 e. The third-order valence-corrected chi connectivity index (χ3v) is 16.8. The smallest absolute Gasteiger partial charge is 0.0372 e. The molecule has 0 amide bonds. The molecule has 0 bridgehead atoms. The Bertz CT molecular complexity index is 2160. The van der Waals surface area contributed by atoms with Crippen LogP contribution in [0.5, 0.6) is 0 Å². The van der Waals surface area contributed by atoms with Crippen LogP contribution in [0.4, 0.5) is 11.4 Å². The second-order valence-corrected chi connectivity index (χ2v) is 21.5. The van der Waals surface area contributed by atoms with Gasteiger partial charge in [0.1, 0.15) is 0 Å². The van der Waals surface area contributed by atoms with Crippen LogP contribution < -0.4 is 31.9 Å². The van der Waals surface area contributed by atoms with Crippen molar-refractivity contribution in [2.45, 2.75) is 166 Å². The van der Waals surface area contributed by atoms with Crippen molar-refractivity contribution in [2.24, 2.45) is 11.8 Å². The third kappa shape index (κ3) is 14.1. The lowest BCUT2D eigenvalue weighted by Gasteiger charge is -2.38. The van der Waals surface area contributed by atoms with Crippen LogP contribution in [0.3, 0.4) is 0 Å². The van der Waals surface area contributed by atoms with E-state index in [0.29, 0.717) is 0 Å². The van der Waals surface area contributed by atoms with Gasteiger partial charge in [0, 0.05) is 55.7 Å². The molecule has 5 aromatic rings. The summed E-state index contributed by atoms with van der Waals surface area (Å²) >= 11 is 0. The molecule has 6 N–H and O–H groups in total. The summed E-state index contributed by atoms with van der Waals surface area (Å²) in [4.78, 5) is 0. The minimum absolute atomic E-state index is 0.763. The van der Waals surface area contributed by atoms with Crippen LogP contribution in [-0.4, -0.2) is 50.8 Å². The van der Waals surface area contributed by atoms with Gasteiger partial charge in [-0.05, 0) is 197 Å². The fraction of sp³-hybridized carbons (Fsp3) is 0.524. The number of anilines is 2. The van der Waals surface area contributed by atoms with Gasteiger partial charge >= 0.3 is 0 Å². The molecule has 5 aromatic carbocycles. The van der Waals surface area contributed by atoms with Crippen LogP contribution in [0.25, 0.3) is 0 Å². The number of aryl methyl sites for hydroxylation is 3. The molecule has 6 aliphatic heterocycles. The maximum atomic E-state index is 3.68. The molecule has 6 heterocycles. The molecule has 6 atom stereocenters. The molecule has 14 rings (SSSR count). The molecule has 2 saturated heterocycles. The highest BCUT2D eigenvalue weighted by atomic mass is 14.9. The SMILES string of the molecule is C1CCC2NCCCC2C1.Cc1ccc2c(c1)CCCN2.c1ccc2c(c1)CC1CCCNC1C2.c1ccc2c(c1)CCCN2.c1ccc2c(c1)CCNC2.c1ccc2c(c1)CNC1CCCCC21. The molecule has 6 heteroatoms. The highest BCUT2D eigenvalue weighted by Gasteiger charge is 2.31. The molecule has 3 aliphatic carbocycles. The van der Waals surface area contributed by atoms with E-state index in [9.17, 15) is 0 Å². The van der Waals surface area contributed by atoms with Crippen molar-refractivity contribution in [3.8, 4) is 0 Å². The molecule has 6 nitrogen and oxygen atoms in total. The van der Waals surface area contributed by atoms with Gasteiger partial charge in [0.2, 0.25) is 0 Å². The van der Waals surface area contributed by atoms with E-state index in [2.05, 4.69) is 154 Å². The number of hydrogen-bond acceptors (Lipinski definition) is 6. The highest BCUT2D eigenvalue weighted by molar-refractivity contribution is 5.54. The summed E-state index contributed by atoms with van der Waals surface area (Å²) in [5.74, 6) is 2.75. The summed E-state index contributed by atoms with van der Waals surface area (Å²) in [5.41, 5.74) is 16.3. The van der Waals surface area contributed by atoms with Crippen molar-refractivity contribution in [3.05, 3.63) is 165 Å². The summed E-state index contributed by atoms with van der Waals surface area (Å²) in [6.45, 7) is 10.2. The Morgan fingerprint density at radius 2 is 0.971 bits per heavy atom. The van der Waals surface area contributed by atoms with Crippen molar-refractivity contribution in [1.29, 1.82) is 0 Å². The van der Waals surface area contributed by atoms with Gasteiger partial charge in [-0.25, -0.2) is 0 Å². The van der Waals surface area contributed by atoms with Gasteiger partial charge in [-0.15, -0.1) is 0 Å². The van der Waals surface area contributed by atoms with Gasteiger partial charge in [-0.1, -0.05) is 134 Å². The molecule has 0 aromatic heterocycles. The van der Waals surface area contributed by atoms with Gasteiger partial charge in [0.25, 0.3) is 0 Å². The van der Waals surface area contributed by atoms with E-state index in [-0.39, 0.29) is 0 Å². The van der Waals surface area contributed by atoms with E-state index >= 15 is 0 Å². The van der Waals surface area contributed by atoms with Crippen molar-refractivity contribution in [1.82, 2.24) is 21.3 Å². The molecule has 9 aliphatic rings. The molecule has 6 unspecified atom stereocenters. The second-order valence-electron chi connectivity index (χ2n) is 21.5. The lowest BCUT2D eigenvalue weighted by atomic mass is 9.76.